The summed E-state index contributed by atoms with van der Waals surface area (Å²) in [6.07, 6.45) is 3.74. The van der Waals surface area contributed by atoms with Crippen LogP contribution in [0.1, 0.15) is 21.6 Å². The van der Waals surface area contributed by atoms with Gasteiger partial charge < -0.3 is 14.5 Å². The number of ether oxygens (including phenoxy) is 1. The molecule has 0 atom stereocenters. The predicted octanol–water partition coefficient (Wildman–Crippen LogP) is 3.78. The van der Waals surface area contributed by atoms with Crippen LogP contribution in [0.3, 0.4) is 0 Å². The summed E-state index contributed by atoms with van der Waals surface area (Å²) in [5.74, 6) is 0.615. The maximum absolute atomic E-state index is 13.7. The molecule has 0 aliphatic carbocycles. The van der Waals surface area contributed by atoms with E-state index in [2.05, 4.69) is 4.98 Å². The Bertz CT molecular complexity index is 1390. The molecule has 0 spiro atoms. The lowest BCUT2D eigenvalue weighted by Gasteiger charge is -2.34. The first kappa shape index (κ1) is 24.2. The first-order valence-corrected chi connectivity index (χ1v) is 12.3. The van der Waals surface area contributed by atoms with Crippen molar-refractivity contribution in [3.63, 3.8) is 0 Å². The van der Waals surface area contributed by atoms with Gasteiger partial charge in [0.15, 0.2) is 0 Å². The highest BCUT2D eigenvalue weighted by atomic mass is 16.5. The molecule has 0 bridgehead atoms. The Morgan fingerprint density at radius 3 is 2.38 bits per heavy atom. The molecule has 2 aromatic carbocycles. The zero-order valence-electron chi connectivity index (χ0n) is 21.0. The number of pyridine rings is 1. The van der Waals surface area contributed by atoms with E-state index in [9.17, 15) is 9.59 Å². The van der Waals surface area contributed by atoms with Gasteiger partial charge in [0, 0.05) is 49.8 Å². The Kier molecular flexibility index (Phi) is 6.98. The summed E-state index contributed by atoms with van der Waals surface area (Å²) < 4.78 is 7.15. The first-order chi connectivity index (χ1) is 18.0. The average Bonchev–Trinajstić information content (AvgIpc) is 3.39. The summed E-state index contributed by atoms with van der Waals surface area (Å²) in [5, 5.41) is 4.80. The molecule has 3 heterocycles. The molecule has 4 aromatic rings. The van der Waals surface area contributed by atoms with Crippen LogP contribution in [0.15, 0.2) is 79.1 Å². The van der Waals surface area contributed by atoms with Crippen LogP contribution in [0.5, 0.6) is 5.75 Å². The maximum atomic E-state index is 13.7. The molecular weight excluding hydrogens is 466 g/mol. The second-order valence-corrected chi connectivity index (χ2v) is 9.07. The average molecular weight is 496 g/mol. The van der Waals surface area contributed by atoms with Gasteiger partial charge in [0.2, 0.25) is 5.91 Å². The Labute approximate surface area is 216 Å². The van der Waals surface area contributed by atoms with Crippen LogP contribution in [-0.4, -0.2) is 69.7 Å². The predicted molar refractivity (Wildman–Crippen MR) is 141 cm³/mol. The third-order valence-electron chi connectivity index (χ3n) is 6.56. The van der Waals surface area contributed by atoms with Crippen LogP contribution in [0.4, 0.5) is 0 Å². The minimum atomic E-state index is -0.104. The van der Waals surface area contributed by atoms with E-state index in [1.165, 1.54) is 0 Å². The van der Waals surface area contributed by atoms with Gasteiger partial charge in [0.1, 0.15) is 11.4 Å². The van der Waals surface area contributed by atoms with Gasteiger partial charge in [-0.05, 0) is 43.3 Å². The number of piperazine rings is 1. The fourth-order valence-corrected chi connectivity index (χ4v) is 4.44. The molecule has 0 N–H and O–H groups in total. The van der Waals surface area contributed by atoms with Gasteiger partial charge in [0.05, 0.1) is 24.8 Å². The number of methoxy groups -OCH3 is 1. The fourth-order valence-electron chi connectivity index (χ4n) is 4.44. The van der Waals surface area contributed by atoms with E-state index < -0.39 is 0 Å². The van der Waals surface area contributed by atoms with Crippen LogP contribution in [-0.2, 0) is 11.2 Å². The van der Waals surface area contributed by atoms with Gasteiger partial charge >= 0.3 is 0 Å². The largest absolute Gasteiger partial charge is 0.497 e. The van der Waals surface area contributed by atoms with Crippen molar-refractivity contribution < 1.29 is 14.3 Å². The molecular formula is C29H29N5O3. The smallest absolute Gasteiger partial charge is 0.257 e. The normalized spacial score (nSPS) is 13.5. The Morgan fingerprint density at radius 2 is 1.68 bits per heavy atom. The van der Waals surface area contributed by atoms with Crippen molar-refractivity contribution in [2.75, 3.05) is 33.3 Å². The number of rotatable bonds is 6. The molecule has 2 amide bonds. The highest BCUT2D eigenvalue weighted by molar-refractivity contribution is 6.00. The second-order valence-electron chi connectivity index (χ2n) is 9.07. The number of nitrogens with zero attached hydrogens (tertiary/aromatic N) is 5. The molecule has 0 saturated carbocycles. The molecule has 1 aliphatic heterocycles. The lowest BCUT2D eigenvalue weighted by molar-refractivity contribution is -0.132. The molecule has 5 rings (SSSR count). The van der Waals surface area contributed by atoms with E-state index in [1.54, 1.807) is 34.0 Å². The summed E-state index contributed by atoms with van der Waals surface area (Å²) in [6.45, 7) is 3.92. The number of amides is 2. The monoisotopic (exact) mass is 495 g/mol. The number of carbonyl (C=O) groups is 2. The Hall–Kier alpha value is -4.46. The van der Waals surface area contributed by atoms with Crippen molar-refractivity contribution in [2.24, 2.45) is 0 Å². The number of carbonyl (C=O) groups excluding carboxylic acids is 2. The number of hydrogen-bond donors (Lipinski definition) is 0. The highest BCUT2D eigenvalue weighted by Crippen LogP contribution is 2.28. The molecule has 188 valence electrons. The first-order valence-electron chi connectivity index (χ1n) is 12.3. The number of hydrogen-bond acceptors (Lipinski definition) is 5. The SMILES string of the molecule is COc1cccc(-c2nn(-c3ccc(C)cc3)cc2C(=O)N2CCN(C(=O)Cc3ccccn3)CC2)c1. The number of benzene rings is 2. The van der Waals surface area contributed by atoms with Crippen molar-refractivity contribution >= 4 is 11.8 Å². The van der Waals surface area contributed by atoms with Gasteiger partial charge in [-0.3, -0.25) is 14.6 Å². The standard InChI is InChI=1S/C29H29N5O3/c1-21-9-11-24(12-10-21)34-20-26(28(31-34)22-6-5-8-25(18-22)37-2)29(36)33-16-14-32(15-17-33)27(35)19-23-7-3-4-13-30-23/h3-13,18,20H,14-17,19H2,1-2H3. The van der Waals surface area contributed by atoms with Gasteiger partial charge in [0.25, 0.3) is 5.91 Å². The van der Waals surface area contributed by atoms with Gasteiger partial charge in [-0.15, -0.1) is 0 Å². The van der Waals surface area contributed by atoms with Crippen LogP contribution >= 0.6 is 0 Å². The van der Waals surface area contributed by atoms with Crippen molar-refractivity contribution in [3.05, 3.63) is 95.9 Å². The molecule has 0 radical (unpaired) electrons. The molecule has 1 fully saturated rings. The topological polar surface area (TPSA) is 80.6 Å². The Morgan fingerprint density at radius 1 is 0.919 bits per heavy atom. The summed E-state index contributed by atoms with van der Waals surface area (Å²) >= 11 is 0. The molecule has 37 heavy (non-hydrogen) atoms. The third-order valence-corrected chi connectivity index (χ3v) is 6.56. The van der Waals surface area contributed by atoms with Gasteiger partial charge in [-0.25, -0.2) is 4.68 Å². The van der Waals surface area contributed by atoms with E-state index in [-0.39, 0.29) is 18.2 Å². The van der Waals surface area contributed by atoms with Crippen molar-refractivity contribution in [3.8, 4) is 22.7 Å². The number of aromatic nitrogens is 3. The van der Waals surface area contributed by atoms with Crippen molar-refractivity contribution in [1.29, 1.82) is 0 Å². The highest BCUT2D eigenvalue weighted by Gasteiger charge is 2.28. The van der Waals surface area contributed by atoms with E-state index in [1.807, 2.05) is 73.7 Å². The second kappa shape index (κ2) is 10.7. The Balaban J connectivity index is 1.37. The van der Waals surface area contributed by atoms with Crippen molar-refractivity contribution in [1.82, 2.24) is 24.6 Å². The van der Waals surface area contributed by atoms with Crippen LogP contribution in [0, 0.1) is 6.92 Å². The summed E-state index contributed by atoms with van der Waals surface area (Å²) in [6, 6.07) is 21.1. The molecule has 1 saturated heterocycles. The van der Waals surface area contributed by atoms with E-state index in [0.29, 0.717) is 43.2 Å². The van der Waals surface area contributed by atoms with Gasteiger partial charge in [-0.2, -0.15) is 5.10 Å². The zero-order chi connectivity index (χ0) is 25.8. The molecule has 8 nitrogen and oxygen atoms in total. The minimum absolute atomic E-state index is 0.0232. The fraction of sp³-hybridized carbons (Fsp3) is 0.241. The van der Waals surface area contributed by atoms with E-state index in [4.69, 9.17) is 9.84 Å². The van der Waals surface area contributed by atoms with Crippen LogP contribution in [0.25, 0.3) is 16.9 Å². The summed E-state index contributed by atoms with van der Waals surface area (Å²) in [5.41, 5.74) is 4.69. The molecule has 0 unspecified atom stereocenters. The van der Waals surface area contributed by atoms with Crippen molar-refractivity contribution in [2.45, 2.75) is 13.3 Å². The van der Waals surface area contributed by atoms with Crippen LogP contribution in [0.2, 0.25) is 0 Å². The minimum Gasteiger partial charge on any atom is -0.497 e. The lowest BCUT2D eigenvalue weighted by atomic mass is 10.1. The number of aryl methyl sites for hydroxylation is 1. The quantitative estimate of drug-likeness (QED) is 0.407. The van der Waals surface area contributed by atoms with E-state index >= 15 is 0 Å². The molecule has 2 aromatic heterocycles. The van der Waals surface area contributed by atoms with Crippen LogP contribution < -0.4 is 4.74 Å². The van der Waals surface area contributed by atoms with E-state index in [0.717, 1.165) is 22.5 Å². The molecule has 1 aliphatic rings. The maximum Gasteiger partial charge on any atom is 0.257 e. The molecule has 8 heteroatoms. The summed E-state index contributed by atoms with van der Waals surface area (Å²) in [4.78, 5) is 34.3. The zero-order valence-corrected chi connectivity index (χ0v) is 21.0. The third kappa shape index (κ3) is 5.38. The summed E-state index contributed by atoms with van der Waals surface area (Å²) in [7, 11) is 1.62. The lowest BCUT2D eigenvalue weighted by Crippen LogP contribution is -2.51. The van der Waals surface area contributed by atoms with Gasteiger partial charge in [-0.1, -0.05) is 35.9 Å².